The minimum Gasteiger partial charge on any atom is -0.341 e. The zero-order valence-electron chi connectivity index (χ0n) is 9.65. The predicted molar refractivity (Wildman–Crippen MR) is 63.9 cm³/mol. The van der Waals surface area contributed by atoms with Gasteiger partial charge in [0, 0.05) is 20.1 Å². The molecule has 0 unspecified atom stereocenters. The first-order chi connectivity index (χ1) is 7.77. The van der Waals surface area contributed by atoms with Gasteiger partial charge in [-0.1, -0.05) is 30.3 Å². The van der Waals surface area contributed by atoms with E-state index in [1.165, 1.54) is 5.56 Å². The normalized spacial score (nSPS) is 19.7. The Bertz CT molecular complexity index is 344. The molecular weight excluding hydrogens is 200 g/mol. The van der Waals surface area contributed by atoms with Crippen molar-refractivity contribution in [3.8, 4) is 0 Å². The van der Waals surface area contributed by atoms with Crippen molar-refractivity contribution >= 4 is 5.91 Å². The summed E-state index contributed by atoms with van der Waals surface area (Å²) in [5.41, 5.74) is 1.18. The molecule has 1 aromatic rings. The minimum atomic E-state index is 0.175. The van der Waals surface area contributed by atoms with E-state index in [9.17, 15) is 4.79 Å². The molecule has 1 amide bonds. The number of amides is 1. The lowest BCUT2D eigenvalue weighted by Crippen LogP contribution is -2.33. The van der Waals surface area contributed by atoms with Gasteiger partial charge in [-0.2, -0.15) is 0 Å². The molecule has 0 aliphatic carbocycles. The molecule has 0 bridgehead atoms. The zero-order chi connectivity index (χ0) is 11.4. The quantitative estimate of drug-likeness (QED) is 0.828. The molecule has 0 radical (unpaired) electrons. The van der Waals surface area contributed by atoms with Crippen molar-refractivity contribution in [2.24, 2.45) is 5.92 Å². The maximum absolute atomic E-state index is 12.0. The maximum Gasteiger partial charge on any atom is 0.227 e. The zero-order valence-corrected chi connectivity index (χ0v) is 9.65. The van der Waals surface area contributed by atoms with Crippen molar-refractivity contribution < 1.29 is 4.79 Å². The number of carbonyl (C=O) groups is 1. The number of hydrogen-bond acceptors (Lipinski definition) is 2. The highest BCUT2D eigenvalue weighted by atomic mass is 16.2. The van der Waals surface area contributed by atoms with Crippen LogP contribution in [0.1, 0.15) is 12.0 Å². The third kappa shape index (κ3) is 2.61. The molecule has 3 heteroatoms. The summed E-state index contributed by atoms with van der Waals surface area (Å²) in [5, 5.41) is 3.22. The van der Waals surface area contributed by atoms with Gasteiger partial charge in [-0.25, -0.2) is 0 Å². The summed E-state index contributed by atoms with van der Waals surface area (Å²) in [6.07, 6.45) is 0.970. The molecule has 3 nitrogen and oxygen atoms in total. The van der Waals surface area contributed by atoms with E-state index in [1.54, 1.807) is 0 Å². The molecule has 0 aromatic heterocycles. The van der Waals surface area contributed by atoms with Gasteiger partial charge in [0.05, 0.1) is 5.92 Å². The molecule has 16 heavy (non-hydrogen) atoms. The van der Waals surface area contributed by atoms with Gasteiger partial charge in [0.2, 0.25) is 5.91 Å². The van der Waals surface area contributed by atoms with Crippen LogP contribution in [-0.4, -0.2) is 30.9 Å². The summed E-state index contributed by atoms with van der Waals surface area (Å²) >= 11 is 0. The molecule has 1 atom stereocenters. The van der Waals surface area contributed by atoms with Gasteiger partial charge in [0.1, 0.15) is 0 Å². The van der Waals surface area contributed by atoms with Crippen LogP contribution in [0.25, 0.3) is 0 Å². The summed E-state index contributed by atoms with van der Waals surface area (Å²) in [7, 11) is 1.88. The first-order valence-electron chi connectivity index (χ1n) is 5.77. The summed E-state index contributed by atoms with van der Waals surface area (Å²) in [5.74, 6) is 0.433. The van der Waals surface area contributed by atoms with Crippen molar-refractivity contribution in [3.63, 3.8) is 0 Å². The van der Waals surface area contributed by atoms with Crippen LogP contribution >= 0.6 is 0 Å². The van der Waals surface area contributed by atoms with Crippen LogP contribution in [0.3, 0.4) is 0 Å². The lowest BCUT2D eigenvalue weighted by molar-refractivity contribution is -0.134. The van der Waals surface area contributed by atoms with E-state index in [0.29, 0.717) is 6.54 Å². The van der Waals surface area contributed by atoms with Gasteiger partial charge in [0.15, 0.2) is 0 Å². The van der Waals surface area contributed by atoms with Crippen LogP contribution in [0.5, 0.6) is 0 Å². The average Bonchev–Trinajstić information content (AvgIpc) is 2.83. The predicted octanol–water partition coefficient (Wildman–Crippen LogP) is 1.25. The molecule has 86 valence electrons. The smallest absolute Gasteiger partial charge is 0.227 e. The molecule has 1 heterocycles. The van der Waals surface area contributed by atoms with Crippen LogP contribution in [0, 0.1) is 5.92 Å². The van der Waals surface area contributed by atoms with Crippen LogP contribution in [0.15, 0.2) is 30.3 Å². The van der Waals surface area contributed by atoms with E-state index in [-0.39, 0.29) is 11.8 Å². The highest BCUT2D eigenvalue weighted by molar-refractivity contribution is 5.79. The summed E-state index contributed by atoms with van der Waals surface area (Å²) in [4.78, 5) is 13.9. The fourth-order valence-electron chi connectivity index (χ4n) is 2.11. The number of hydrogen-bond donors (Lipinski definition) is 1. The third-order valence-corrected chi connectivity index (χ3v) is 3.05. The summed E-state index contributed by atoms with van der Waals surface area (Å²) in [6, 6.07) is 10.1. The highest BCUT2D eigenvalue weighted by Crippen LogP contribution is 2.12. The summed E-state index contributed by atoms with van der Waals surface area (Å²) in [6.45, 7) is 2.50. The second-order valence-corrected chi connectivity index (χ2v) is 4.37. The largest absolute Gasteiger partial charge is 0.341 e. The van der Waals surface area contributed by atoms with Gasteiger partial charge < -0.3 is 10.2 Å². The molecule has 2 rings (SSSR count). The lowest BCUT2D eigenvalue weighted by atomic mass is 10.1. The fourth-order valence-corrected chi connectivity index (χ4v) is 2.11. The van der Waals surface area contributed by atoms with E-state index in [0.717, 1.165) is 19.5 Å². The Morgan fingerprint density at radius 3 is 2.81 bits per heavy atom. The standard InChI is InChI=1S/C13H18N2O/c1-15(10-11-5-3-2-4-6-11)13(16)12-7-8-14-9-12/h2-6,12,14H,7-10H2,1H3/t12-/m0/s1. The SMILES string of the molecule is CN(Cc1ccccc1)C(=O)[C@H]1CCNC1. The van der Waals surface area contributed by atoms with Gasteiger partial charge >= 0.3 is 0 Å². The molecule has 0 saturated carbocycles. The molecule has 1 aliphatic rings. The second-order valence-electron chi connectivity index (χ2n) is 4.37. The third-order valence-electron chi connectivity index (χ3n) is 3.05. The Hall–Kier alpha value is -1.35. The number of nitrogens with one attached hydrogen (secondary N) is 1. The van der Waals surface area contributed by atoms with Crippen molar-refractivity contribution in [2.45, 2.75) is 13.0 Å². The molecule has 0 spiro atoms. The Labute approximate surface area is 96.5 Å². The van der Waals surface area contributed by atoms with Gasteiger partial charge in [-0.15, -0.1) is 0 Å². The first-order valence-corrected chi connectivity index (χ1v) is 5.77. The number of rotatable bonds is 3. The number of nitrogens with zero attached hydrogens (tertiary/aromatic N) is 1. The van der Waals surface area contributed by atoms with Crippen LogP contribution in [-0.2, 0) is 11.3 Å². The van der Waals surface area contributed by atoms with Crippen LogP contribution in [0.2, 0.25) is 0 Å². The van der Waals surface area contributed by atoms with E-state index in [1.807, 2.05) is 30.1 Å². The molecule has 1 aromatic carbocycles. The first kappa shape index (κ1) is 11.1. The average molecular weight is 218 g/mol. The molecule has 1 fully saturated rings. The van der Waals surface area contributed by atoms with Crippen molar-refractivity contribution in [1.29, 1.82) is 0 Å². The number of benzene rings is 1. The van der Waals surface area contributed by atoms with E-state index >= 15 is 0 Å². The fraction of sp³-hybridized carbons (Fsp3) is 0.462. The molecule has 1 N–H and O–H groups in total. The van der Waals surface area contributed by atoms with Gasteiger partial charge in [0.25, 0.3) is 0 Å². The Morgan fingerprint density at radius 1 is 1.44 bits per heavy atom. The Balaban J connectivity index is 1.92. The van der Waals surface area contributed by atoms with E-state index in [4.69, 9.17) is 0 Å². The molecule has 1 saturated heterocycles. The topological polar surface area (TPSA) is 32.3 Å². The molecular formula is C13H18N2O. The van der Waals surface area contributed by atoms with Crippen molar-refractivity contribution in [3.05, 3.63) is 35.9 Å². The van der Waals surface area contributed by atoms with Crippen molar-refractivity contribution in [2.75, 3.05) is 20.1 Å². The van der Waals surface area contributed by atoms with Crippen LogP contribution < -0.4 is 5.32 Å². The lowest BCUT2D eigenvalue weighted by Gasteiger charge is -2.20. The monoisotopic (exact) mass is 218 g/mol. The van der Waals surface area contributed by atoms with E-state index in [2.05, 4.69) is 17.4 Å². The van der Waals surface area contributed by atoms with Gasteiger partial charge in [-0.3, -0.25) is 4.79 Å². The maximum atomic E-state index is 12.0. The van der Waals surface area contributed by atoms with E-state index < -0.39 is 0 Å². The summed E-state index contributed by atoms with van der Waals surface area (Å²) < 4.78 is 0. The highest BCUT2D eigenvalue weighted by Gasteiger charge is 2.24. The Kier molecular flexibility index (Phi) is 3.57. The number of carbonyl (C=O) groups excluding carboxylic acids is 1. The van der Waals surface area contributed by atoms with Crippen LogP contribution in [0.4, 0.5) is 0 Å². The minimum absolute atomic E-state index is 0.175. The Morgan fingerprint density at radius 2 is 2.19 bits per heavy atom. The van der Waals surface area contributed by atoms with Crippen molar-refractivity contribution in [1.82, 2.24) is 10.2 Å². The second kappa shape index (κ2) is 5.12. The molecule has 1 aliphatic heterocycles. The van der Waals surface area contributed by atoms with Gasteiger partial charge in [-0.05, 0) is 18.5 Å².